The fourth-order valence-corrected chi connectivity index (χ4v) is 2.27. The van der Waals surface area contributed by atoms with Gasteiger partial charge in [-0.1, -0.05) is 44.4 Å². The number of anilines is 1. The number of amides is 1. The summed E-state index contributed by atoms with van der Waals surface area (Å²) in [6, 6.07) is 7.30. The van der Waals surface area contributed by atoms with Gasteiger partial charge < -0.3 is 10.4 Å². The van der Waals surface area contributed by atoms with Crippen molar-refractivity contribution in [3.63, 3.8) is 0 Å². The monoisotopic (exact) mass is 378 g/mol. The number of phenolic OH excluding ortho intramolecular Hbond substituents is 1. The van der Waals surface area contributed by atoms with E-state index in [-0.39, 0.29) is 22.6 Å². The summed E-state index contributed by atoms with van der Waals surface area (Å²) in [4.78, 5) is 22.7. The molecule has 2 rings (SSSR count). The first kappa shape index (κ1) is 21.4. The lowest BCUT2D eigenvalue weighted by atomic mass is 10.0. The van der Waals surface area contributed by atoms with E-state index in [0.29, 0.717) is 16.3 Å². The maximum Gasteiger partial charge on any atom is 0.273 e. The number of aromatic hydroxyl groups is 1. The first-order chi connectivity index (χ1) is 12.2. The molecule has 6 nitrogen and oxygen atoms in total. The van der Waals surface area contributed by atoms with E-state index in [4.69, 9.17) is 11.6 Å². The van der Waals surface area contributed by atoms with Crippen molar-refractivity contribution in [3.8, 4) is 5.75 Å². The molecule has 0 aromatic heterocycles. The second-order valence-corrected chi connectivity index (χ2v) is 6.13. The van der Waals surface area contributed by atoms with Gasteiger partial charge in [-0.2, -0.15) is 0 Å². The van der Waals surface area contributed by atoms with Gasteiger partial charge in [0.05, 0.1) is 10.5 Å². The van der Waals surface area contributed by atoms with E-state index >= 15 is 0 Å². The molecule has 0 atom stereocenters. The number of rotatable bonds is 4. The Balaban J connectivity index is 0.000000765. The number of unbranched alkanes of at least 4 members (excludes halogenated alkanes) is 1. The summed E-state index contributed by atoms with van der Waals surface area (Å²) < 4.78 is 0. The summed E-state index contributed by atoms with van der Waals surface area (Å²) in [5.74, 6) is -0.954. The highest BCUT2D eigenvalue weighted by Crippen LogP contribution is 2.30. The van der Waals surface area contributed by atoms with Gasteiger partial charge in [0.1, 0.15) is 5.75 Å². The molecule has 0 spiro atoms. The van der Waals surface area contributed by atoms with E-state index in [2.05, 4.69) is 19.2 Å². The van der Waals surface area contributed by atoms with Crippen LogP contribution in [0, 0.1) is 24.0 Å². The van der Waals surface area contributed by atoms with Gasteiger partial charge in [0.25, 0.3) is 11.6 Å². The fourth-order valence-electron chi connectivity index (χ4n) is 2.10. The minimum absolute atomic E-state index is 0.0992. The van der Waals surface area contributed by atoms with Gasteiger partial charge in [-0.3, -0.25) is 14.9 Å². The van der Waals surface area contributed by atoms with Crippen LogP contribution in [0.4, 0.5) is 11.4 Å². The number of nitro benzene ring substituents is 1. The van der Waals surface area contributed by atoms with Crippen LogP contribution >= 0.6 is 11.6 Å². The minimum atomic E-state index is -0.635. The van der Waals surface area contributed by atoms with Crippen LogP contribution in [0.15, 0.2) is 30.3 Å². The molecule has 0 heterocycles. The van der Waals surface area contributed by atoms with Gasteiger partial charge in [0, 0.05) is 22.3 Å². The van der Waals surface area contributed by atoms with Gasteiger partial charge in [0.2, 0.25) is 0 Å². The summed E-state index contributed by atoms with van der Waals surface area (Å²) in [7, 11) is 0. The third-order valence-electron chi connectivity index (χ3n) is 3.85. The smallest absolute Gasteiger partial charge is 0.273 e. The van der Waals surface area contributed by atoms with Crippen LogP contribution in [0.5, 0.6) is 5.75 Å². The van der Waals surface area contributed by atoms with Crippen molar-refractivity contribution < 1.29 is 14.8 Å². The molecular formula is C19H23ClN2O4. The zero-order chi connectivity index (χ0) is 19.9. The minimum Gasteiger partial charge on any atom is -0.507 e. The largest absolute Gasteiger partial charge is 0.507 e. The highest BCUT2D eigenvalue weighted by molar-refractivity contribution is 6.31. The molecule has 0 unspecified atom stereocenters. The number of hydrogen-bond acceptors (Lipinski definition) is 4. The predicted molar refractivity (Wildman–Crippen MR) is 104 cm³/mol. The number of carbonyl (C=O) groups excluding carboxylic acids is 1. The van der Waals surface area contributed by atoms with Crippen molar-refractivity contribution >= 4 is 28.9 Å². The third-order valence-corrected chi connectivity index (χ3v) is 4.26. The van der Waals surface area contributed by atoms with Gasteiger partial charge in [0.15, 0.2) is 0 Å². The van der Waals surface area contributed by atoms with E-state index < -0.39 is 10.8 Å². The molecule has 0 bridgehead atoms. The quantitative estimate of drug-likeness (QED) is 0.532. The maximum atomic E-state index is 12.4. The Kier molecular flexibility index (Phi) is 8.06. The van der Waals surface area contributed by atoms with Crippen LogP contribution in [0.25, 0.3) is 0 Å². The molecule has 2 aromatic rings. The molecule has 0 fully saturated rings. The highest BCUT2D eigenvalue weighted by Gasteiger charge is 2.22. The Morgan fingerprint density at radius 1 is 1.15 bits per heavy atom. The summed E-state index contributed by atoms with van der Waals surface area (Å²) in [6.45, 7) is 7.51. The molecule has 2 aromatic carbocycles. The van der Waals surface area contributed by atoms with Crippen LogP contribution in [0.1, 0.15) is 48.2 Å². The summed E-state index contributed by atoms with van der Waals surface area (Å²) in [6.07, 6.45) is 2.64. The van der Waals surface area contributed by atoms with Crippen molar-refractivity contribution in [1.29, 1.82) is 0 Å². The molecule has 0 aliphatic heterocycles. The Morgan fingerprint density at radius 3 is 2.31 bits per heavy atom. The molecule has 2 N–H and O–H groups in total. The second kappa shape index (κ2) is 9.77. The van der Waals surface area contributed by atoms with Gasteiger partial charge in [-0.05, 0) is 37.6 Å². The van der Waals surface area contributed by atoms with Gasteiger partial charge in [-0.15, -0.1) is 0 Å². The molecule has 140 valence electrons. The molecule has 1 amide bonds. The van der Waals surface area contributed by atoms with Gasteiger partial charge >= 0.3 is 0 Å². The zero-order valence-corrected chi connectivity index (χ0v) is 16.1. The standard InChI is InChI=1S/C15H13ClN2O4.C4H10/c1-8-10(16)4-3-5-11(8)17-15(20)14-9(2)12(18(21)22)6-7-13(14)19;1-3-4-2/h3-7,19H,1-2H3,(H,17,20);3-4H2,1-2H3. The maximum absolute atomic E-state index is 12.4. The predicted octanol–water partition coefficient (Wildman–Crippen LogP) is 5.63. The number of nitrogens with one attached hydrogen (secondary N) is 1. The van der Waals surface area contributed by atoms with Crippen LogP contribution in [-0.2, 0) is 0 Å². The number of nitro groups is 1. The summed E-state index contributed by atoms with van der Waals surface area (Å²) in [5, 5.41) is 23.9. The lowest BCUT2D eigenvalue weighted by molar-refractivity contribution is -0.385. The molecule has 0 saturated heterocycles. The average molecular weight is 379 g/mol. The third kappa shape index (κ3) is 5.20. The second-order valence-electron chi connectivity index (χ2n) is 5.73. The molecule has 0 aliphatic carbocycles. The Labute approximate surface area is 158 Å². The average Bonchev–Trinajstić information content (AvgIpc) is 2.59. The van der Waals surface area contributed by atoms with E-state index in [1.165, 1.54) is 19.8 Å². The van der Waals surface area contributed by atoms with Gasteiger partial charge in [-0.25, -0.2) is 0 Å². The lowest BCUT2D eigenvalue weighted by Crippen LogP contribution is -2.15. The topological polar surface area (TPSA) is 92.5 Å². The zero-order valence-electron chi connectivity index (χ0n) is 15.3. The number of nitrogens with zero attached hydrogens (tertiary/aromatic N) is 1. The van der Waals surface area contributed by atoms with Crippen molar-refractivity contribution in [2.75, 3.05) is 5.32 Å². The van der Waals surface area contributed by atoms with E-state index in [0.717, 1.165) is 12.1 Å². The summed E-state index contributed by atoms with van der Waals surface area (Å²) >= 11 is 5.98. The van der Waals surface area contributed by atoms with Crippen molar-refractivity contribution in [2.45, 2.75) is 40.5 Å². The van der Waals surface area contributed by atoms with Crippen molar-refractivity contribution in [3.05, 3.63) is 62.2 Å². The van der Waals surface area contributed by atoms with Crippen molar-refractivity contribution in [2.24, 2.45) is 0 Å². The van der Waals surface area contributed by atoms with Crippen LogP contribution < -0.4 is 5.32 Å². The summed E-state index contributed by atoms with van der Waals surface area (Å²) in [5.41, 5.74) is 0.879. The molecule has 0 aliphatic rings. The van der Waals surface area contributed by atoms with Crippen LogP contribution in [-0.4, -0.2) is 15.9 Å². The Bertz CT molecular complexity index is 804. The highest BCUT2D eigenvalue weighted by atomic mass is 35.5. The lowest BCUT2D eigenvalue weighted by Gasteiger charge is -2.12. The molecule has 7 heteroatoms. The van der Waals surface area contributed by atoms with E-state index in [1.54, 1.807) is 25.1 Å². The molecule has 26 heavy (non-hydrogen) atoms. The number of halogens is 1. The molecular weight excluding hydrogens is 356 g/mol. The van der Waals surface area contributed by atoms with E-state index in [9.17, 15) is 20.0 Å². The normalized spacial score (nSPS) is 9.88. The fraction of sp³-hybridized carbons (Fsp3) is 0.316. The Morgan fingerprint density at radius 2 is 1.77 bits per heavy atom. The van der Waals surface area contributed by atoms with Crippen LogP contribution in [0.2, 0.25) is 5.02 Å². The first-order valence-corrected chi connectivity index (χ1v) is 8.65. The van der Waals surface area contributed by atoms with Crippen molar-refractivity contribution in [1.82, 2.24) is 0 Å². The first-order valence-electron chi connectivity index (χ1n) is 8.27. The Hall–Kier alpha value is -2.60. The number of phenols is 1. The number of hydrogen-bond donors (Lipinski definition) is 2. The number of benzene rings is 2. The van der Waals surface area contributed by atoms with E-state index in [1.807, 2.05) is 0 Å². The SMILES string of the molecule is CCCC.Cc1c(Cl)cccc1NC(=O)c1c(O)ccc([N+](=O)[O-])c1C. The molecule has 0 radical (unpaired) electrons. The molecule has 0 saturated carbocycles. The van der Waals surface area contributed by atoms with Crippen LogP contribution in [0.3, 0.4) is 0 Å². The number of carbonyl (C=O) groups is 1.